The Labute approximate surface area is 335 Å². The lowest BCUT2D eigenvalue weighted by molar-refractivity contribution is -0.136. The molecule has 2 aromatic carbocycles. The highest BCUT2D eigenvalue weighted by molar-refractivity contribution is 6.25. The van der Waals surface area contributed by atoms with Crippen LogP contribution in [0.25, 0.3) is 0 Å². The molecule has 0 radical (unpaired) electrons. The minimum Gasteiger partial charge on any atom is -0.382 e. The maximum absolute atomic E-state index is 13.7. The third kappa shape index (κ3) is 8.39. The number of rotatable bonds is 20. The number of hydrogen-bond acceptors (Lipinski definition) is 13. The fourth-order valence-corrected chi connectivity index (χ4v) is 10.3. The number of carbonyl (C=O) groups excluding carboxylic acids is 5. The molecule has 58 heavy (non-hydrogen) atoms. The normalized spacial score (nSPS) is 27.4. The van der Waals surface area contributed by atoms with Crippen LogP contribution in [-0.2, 0) is 41.7 Å². The van der Waals surface area contributed by atoms with Gasteiger partial charge in [0.15, 0.2) is 6.35 Å². The standard InChI is InChI=1S/C41H52FN7O9/c42-29-5-4-26-22-48(23-27(26)17-29)34(51)21-45-41-19-25-16-28(41)20-40(18-25,24-41)47-39(55)44-9-11-57-13-15-58-14-12-56-10-8-43-31-3-1-2-30-35(31)38(54)49(37(30)53)32-6-7-33(50)46-36(32)52/h1-5,17,25,28,32,39,43-45,47,55H,6-16,18-24H2,(H,46,50,52). The summed E-state index contributed by atoms with van der Waals surface area (Å²) >= 11 is 0. The topological polar surface area (TPSA) is 200 Å². The zero-order chi connectivity index (χ0) is 40.4. The number of aliphatic hydroxyl groups excluding tert-OH is 1. The average Bonchev–Trinajstić information content (AvgIpc) is 3.86. The van der Waals surface area contributed by atoms with Crippen molar-refractivity contribution in [2.24, 2.45) is 11.8 Å². The van der Waals surface area contributed by atoms with Gasteiger partial charge in [0.1, 0.15) is 11.9 Å². The second kappa shape index (κ2) is 17.1. The fraction of sp³-hybridized carbons (Fsp3) is 0.585. The minimum atomic E-state index is -1.02. The van der Waals surface area contributed by atoms with Crippen LogP contribution >= 0.6 is 0 Å². The Morgan fingerprint density at radius 3 is 2.48 bits per heavy atom. The van der Waals surface area contributed by atoms with Crippen molar-refractivity contribution >= 4 is 35.2 Å². The summed E-state index contributed by atoms with van der Waals surface area (Å²) in [6, 6.07) is 8.61. The van der Waals surface area contributed by atoms with Gasteiger partial charge in [-0.3, -0.25) is 44.8 Å². The molecule has 9 rings (SSSR count). The summed E-state index contributed by atoms with van der Waals surface area (Å²) in [6.07, 6.45) is 4.27. The van der Waals surface area contributed by atoms with Crippen LogP contribution in [0.3, 0.4) is 0 Å². The molecular formula is C41H52FN7O9. The van der Waals surface area contributed by atoms with E-state index in [1.807, 2.05) is 0 Å². The molecule has 17 heteroatoms. The number of ether oxygens (including phenoxy) is 3. The number of aliphatic hydroxyl groups is 1. The number of nitrogens with one attached hydrogen (secondary N) is 5. The van der Waals surface area contributed by atoms with Crippen molar-refractivity contribution in [3.63, 3.8) is 0 Å². The van der Waals surface area contributed by atoms with E-state index in [2.05, 4.69) is 26.6 Å². The Morgan fingerprint density at radius 2 is 1.69 bits per heavy atom. The average molecular weight is 806 g/mol. The zero-order valence-electron chi connectivity index (χ0n) is 32.5. The van der Waals surface area contributed by atoms with Crippen LogP contribution in [-0.4, -0.2) is 127 Å². The number of imide groups is 2. The van der Waals surface area contributed by atoms with Crippen molar-refractivity contribution in [1.82, 2.24) is 31.1 Å². The number of nitrogens with zero attached hydrogens (tertiary/aromatic N) is 2. The number of fused-ring (bicyclic) bond motifs is 2. The van der Waals surface area contributed by atoms with E-state index in [0.717, 1.165) is 48.1 Å². The van der Waals surface area contributed by atoms with E-state index < -0.39 is 36.0 Å². The monoisotopic (exact) mass is 805 g/mol. The summed E-state index contributed by atoms with van der Waals surface area (Å²) in [5, 5.41) is 26.4. The second-order valence-electron chi connectivity index (χ2n) is 16.5. The number of anilines is 1. The van der Waals surface area contributed by atoms with Crippen molar-refractivity contribution < 1.29 is 47.7 Å². The van der Waals surface area contributed by atoms with Gasteiger partial charge in [0, 0.05) is 49.4 Å². The number of benzene rings is 2. The molecule has 6 atom stereocenters. The SMILES string of the molecule is O=C1CCC(N2C(=O)c3cccc(NCCOCCOCCOCCNC(O)NC45CC6CC(C4)C(NCC(=O)N4Cc7ccc(F)cc7C4)(C6)C5)c3C2=O)C(=O)N1. The summed E-state index contributed by atoms with van der Waals surface area (Å²) in [5.41, 5.74) is 2.45. The Hall–Kier alpha value is -4.36. The van der Waals surface area contributed by atoms with Crippen molar-refractivity contribution in [3.8, 4) is 0 Å². The lowest BCUT2D eigenvalue weighted by Gasteiger charge is -2.43. The van der Waals surface area contributed by atoms with Gasteiger partial charge in [0.25, 0.3) is 11.8 Å². The van der Waals surface area contributed by atoms with Crippen molar-refractivity contribution in [3.05, 3.63) is 64.5 Å². The molecule has 4 saturated carbocycles. The molecule has 3 aliphatic heterocycles. The Balaban J connectivity index is 0.662. The first kappa shape index (κ1) is 40.4. The van der Waals surface area contributed by atoms with Gasteiger partial charge in [-0.2, -0.15) is 0 Å². The number of piperidine rings is 1. The largest absolute Gasteiger partial charge is 0.382 e. The summed E-state index contributed by atoms with van der Waals surface area (Å²) < 4.78 is 30.6. The third-order valence-electron chi connectivity index (χ3n) is 12.7. The molecule has 4 bridgehead atoms. The van der Waals surface area contributed by atoms with E-state index in [0.29, 0.717) is 83.3 Å². The van der Waals surface area contributed by atoms with E-state index in [-0.39, 0.29) is 53.3 Å². The van der Waals surface area contributed by atoms with E-state index >= 15 is 0 Å². The number of amides is 5. The predicted molar refractivity (Wildman–Crippen MR) is 205 cm³/mol. The molecule has 0 aromatic heterocycles. The van der Waals surface area contributed by atoms with Gasteiger partial charge >= 0.3 is 0 Å². The number of hydrogen-bond donors (Lipinski definition) is 6. The molecule has 3 heterocycles. The van der Waals surface area contributed by atoms with Crippen LogP contribution in [0.4, 0.5) is 10.1 Å². The van der Waals surface area contributed by atoms with Crippen LogP contribution < -0.4 is 26.6 Å². The van der Waals surface area contributed by atoms with Crippen LogP contribution in [0.15, 0.2) is 36.4 Å². The van der Waals surface area contributed by atoms with E-state index in [1.54, 1.807) is 29.2 Å². The predicted octanol–water partition coefficient (Wildman–Crippen LogP) is 0.977. The van der Waals surface area contributed by atoms with Gasteiger partial charge in [0.2, 0.25) is 17.7 Å². The summed E-state index contributed by atoms with van der Waals surface area (Å²) in [5.74, 6) is -1.44. The minimum absolute atomic E-state index is 0.0286. The van der Waals surface area contributed by atoms with Gasteiger partial charge in [-0.1, -0.05) is 12.1 Å². The smallest absolute Gasteiger partial charge is 0.264 e. The molecule has 4 aliphatic carbocycles. The van der Waals surface area contributed by atoms with Crippen molar-refractivity contribution in [1.29, 1.82) is 0 Å². The molecule has 16 nitrogen and oxygen atoms in total. The molecule has 5 amide bonds. The van der Waals surface area contributed by atoms with Crippen molar-refractivity contribution in [2.45, 2.75) is 81.5 Å². The molecule has 312 valence electrons. The Morgan fingerprint density at radius 1 is 0.931 bits per heavy atom. The highest BCUT2D eigenvalue weighted by Gasteiger charge is 2.64. The molecule has 6 unspecified atom stereocenters. The lowest BCUT2D eigenvalue weighted by Crippen LogP contribution is -2.59. The van der Waals surface area contributed by atoms with Gasteiger partial charge in [-0.15, -0.1) is 0 Å². The highest BCUT2D eigenvalue weighted by atomic mass is 19.1. The quantitative estimate of drug-likeness (QED) is 0.0630. The van der Waals surface area contributed by atoms with Crippen LogP contribution in [0.2, 0.25) is 0 Å². The van der Waals surface area contributed by atoms with E-state index in [1.165, 1.54) is 12.1 Å². The first-order chi connectivity index (χ1) is 28.0. The van der Waals surface area contributed by atoms with Gasteiger partial charge < -0.3 is 34.9 Å². The molecule has 6 N–H and O–H groups in total. The van der Waals surface area contributed by atoms with Crippen LogP contribution in [0.1, 0.15) is 76.8 Å². The van der Waals surface area contributed by atoms with Gasteiger partial charge in [0.05, 0.1) is 57.3 Å². The molecule has 7 aliphatic rings. The molecule has 0 spiro atoms. The molecule has 1 saturated heterocycles. The maximum atomic E-state index is 13.7. The molecule has 5 fully saturated rings. The first-order valence-electron chi connectivity index (χ1n) is 20.3. The lowest BCUT2D eigenvalue weighted by atomic mass is 9.74. The number of halogens is 1. The van der Waals surface area contributed by atoms with Crippen LogP contribution in [0, 0.1) is 17.7 Å². The third-order valence-corrected chi connectivity index (χ3v) is 12.7. The van der Waals surface area contributed by atoms with E-state index in [4.69, 9.17) is 14.2 Å². The molecule has 2 aromatic rings. The first-order valence-corrected chi connectivity index (χ1v) is 20.3. The van der Waals surface area contributed by atoms with Gasteiger partial charge in [-0.05, 0) is 85.8 Å². The second-order valence-corrected chi connectivity index (χ2v) is 16.5. The number of carbonyl (C=O) groups is 5. The highest BCUT2D eigenvalue weighted by Crippen LogP contribution is 2.62. The zero-order valence-corrected chi connectivity index (χ0v) is 32.5. The Bertz CT molecular complexity index is 1940. The maximum Gasteiger partial charge on any atom is 0.264 e. The summed E-state index contributed by atoms with van der Waals surface area (Å²) in [6.45, 7) is 4.22. The molecular weight excluding hydrogens is 753 g/mol. The van der Waals surface area contributed by atoms with Crippen molar-refractivity contribution in [2.75, 3.05) is 64.6 Å². The van der Waals surface area contributed by atoms with Crippen LogP contribution in [0.5, 0.6) is 0 Å². The fourth-order valence-electron chi connectivity index (χ4n) is 10.3. The summed E-state index contributed by atoms with van der Waals surface area (Å²) in [7, 11) is 0. The summed E-state index contributed by atoms with van der Waals surface area (Å²) in [4.78, 5) is 66.0. The van der Waals surface area contributed by atoms with Gasteiger partial charge in [-0.25, -0.2) is 4.39 Å². The Kier molecular flexibility index (Phi) is 11.9. The van der Waals surface area contributed by atoms with E-state index in [9.17, 15) is 33.5 Å².